The summed E-state index contributed by atoms with van der Waals surface area (Å²) < 4.78 is 27.9. The largest absolute Gasteiger partial charge is 0.317 e. The first-order valence-corrected chi connectivity index (χ1v) is 10.3. The molecule has 0 bridgehead atoms. The minimum atomic E-state index is -3.29. The van der Waals surface area contributed by atoms with Gasteiger partial charge in [-0.2, -0.15) is 24.5 Å². The van der Waals surface area contributed by atoms with E-state index in [2.05, 4.69) is 16.3 Å². The maximum Gasteiger partial charge on any atom is 0.279 e. The Morgan fingerprint density at radius 1 is 1.05 bits per heavy atom. The van der Waals surface area contributed by atoms with Gasteiger partial charge in [0.2, 0.25) is 0 Å². The second-order valence-corrected chi connectivity index (χ2v) is 7.68. The number of thioether (sulfide) groups is 1. The Bertz CT molecular complexity index is 311. The van der Waals surface area contributed by atoms with Crippen molar-refractivity contribution in [2.24, 2.45) is 0 Å². The van der Waals surface area contributed by atoms with E-state index in [1.165, 1.54) is 22.9 Å². The van der Waals surface area contributed by atoms with Gasteiger partial charge >= 0.3 is 0 Å². The Kier molecular flexibility index (Phi) is 13.0. The number of hydrogen-bond acceptors (Lipinski definition) is 4. The van der Waals surface area contributed by atoms with E-state index in [0.29, 0.717) is 13.1 Å². The van der Waals surface area contributed by atoms with Crippen LogP contribution in [0.1, 0.15) is 39.0 Å². The number of rotatable bonds is 14. The third kappa shape index (κ3) is 10.9. The first-order chi connectivity index (χ1) is 9.54. The zero-order valence-electron chi connectivity index (χ0n) is 13.2. The van der Waals surface area contributed by atoms with Gasteiger partial charge in [-0.15, -0.1) is 0 Å². The highest BCUT2D eigenvalue weighted by Crippen LogP contribution is 2.04. The van der Waals surface area contributed by atoms with Crippen LogP contribution in [-0.2, 0) is 10.2 Å². The maximum atomic E-state index is 11.9. The van der Waals surface area contributed by atoms with Gasteiger partial charge in [-0.05, 0) is 44.4 Å². The molecule has 0 saturated carbocycles. The molecule has 0 atom stereocenters. The second-order valence-electron chi connectivity index (χ2n) is 4.84. The van der Waals surface area contributed by atoms with Gasteiger partial charge in [0.1, 0.15) is 0 Å². The van der Waals surface area contributed by atoms with Crippen molar-refractivity contribution in [1.29, 1.82) is 0 Å². The molecule has 0 unspecified atom stereocenters. The van der Waals surface area contributed by atoms with Crippen LogP contribution in [0.5, 0.6) is 0 Å². The number of nitrogens with zero attached hydrogens (tertiary/aromatic N) is 1. The summed E-state index contributed by atoms with van der Waals surface area (Å²) in [5.74, 6) is 1.19. The van der Waals surface area contributed by atoms with Crippen LogP contribution >= 0.6 is 11.8 Å². The summed E-state index contributed by atoms with van der Waals surface area (Å²) in [6.07, 6.45) is 7.35. The average Bonchev–Trinajstić information content (AvgIpc) is 2.42. The predicted molar refractivity (Wildman–Crippen MR) is 89.6 cm³/mol. The van der Waals surface area contributed by atoms with Crippen LogP contribution in [0.25, 0.3) is 0 Å². The topological polar surface area (TPSA) is 61.4 Å². The van der Waals surface area contributed by atoms with Crippen LogP contribution in [-0.4, -0.2) is 58.0 Å². The zero-order valence-corrected chi connectivity index (χ0v) is 14.8. The summed E-state index contributed by atoms with van der Waals surface area (Å²) >= 11 is 1.86. The van der Waals surface area contributed by atoms with Gasteiger partial charge in [-0.1, -0.05) is 19.8 Å². The lowest BCUT2D eigenvalue weighted by Crippen LogP contribution is -2.39. The fraction of sp³-hybridized carbons (Fsp3) is 1.00. The maximum absolute atomic E-state index is 11.9. The summed E-state index contributed by atoms with van der Waals surface area (Å²) in [6.45, 7) is 4.91. The molecule has 0 amide bonds. The molecule has 0 aliphatic carbocycles. The minimum Gasteiger partial charge on any atom is -0.317 e. The molecule has 0 aliphatic heterocycles. The Labute approximate surface area is 129 Å². The standard InChI is InChI=1S/C13H31N3O2S2/c1-4-14-10-9-12-16(2)20(17,18)15-11-7-5-6-8-13-19-3/h14-15H,4-13H2,1-3H3. The Balaban J connectivity index is 3.66. The predicted octanol–water partition coefficient (Wildman–Crippen LogP) is 1.68. The summed E-state index contributed by atoms with van der Waals surface area (Å²) in [5, 5.41) is 3.19. The highest BCUT2D eigenvalue weighted by atomic mass is 32.2. The fourth-order valence-electron chi connectivity index (χ4n) is 1.76. The first kappa shape index (κ1) is 20.2. The molecular formula is C13H31N3O2S2. The van der Waals surface area contributed by atoms with Crippen LogP contribution in [0.2, 0.25) is 0 Å². The van der Waals surface area contributed by atoms with Crippen molar-refractivity contribution in [3.8, 4) is 0 Å². The van der Waals surface area contributed by atoms with E-state index in [0.717, 1.165) is 32.4 Å². The van der Waals surface area contributed by atoms with Crippen molar-refractivity contribution in [2.45, 2.75) is 39.0 Å². The molecule has 0 rings (SSSR count). The van der Waals surface area contributed by atoms with E-state index in [1.54, 1.807) is 7.05 Å². The van der Waals surface area contributed by atoms with Crippen molar-refractivity contribution < 1.29 is 8.42 Å². The highest BCUT2D eigenvalue weighted by Gasteiger charge is 2.15. The van der Waals surface area contributed by atoms with Gasteiger partial charge < -0.3 is 5.32 Å². The molecule has 122 valence electrons. The third-order valence-electron chi connectivity index (χ3n) is 3.05. The van der Waals surface area contributed by atoms with Crippen molar-refractivity contribution in [1.82, 2.24) is 14.3 Å². The van der Waals surface area contributed by atoms with Crippen molar-refractivity contribution in [3.05, 3.63) is 0 Å². The molecule has 0 saturated heterocycles. The SMILES string of the molecule is CCNCCCN(C)S(=O)(=O)NCCCCCCSC. The number of unbranched alkanes of at least 4 members (excludes halogenated alkanes) is 3. The second kappa shape index (κ2) is 12.9. The van der Waals surface area contributed by atoms with Gasteiger partial charge in [0.25, 0.3) is 10.2 Å². The number of hydrogen-bond donors (Lipinski definition) is 2. The van der Waals surface area contributed by atoms with Crippen molar-refractivity contribution in [2.75, 3.05) is 45.2 Å². The summed E-state index contributed by atoms with van der Waals surface area (Å²) in [7, 11) is -1.66. The fourth-order valence-corrected chi connectivity index (χ4v) is 3.24. The molecule has 0 aromatic rings. The molecule has 0 aromatic carbocycles. The quantitative estimate of drug-likeness (QED) is 0.477. The molecule has 0 aromatic heterocycles. The van der Waals surface area contributed by atoms with Gasteiger partial charge in [0, 0.05) is 20.1 Å². The summed E-state index contributed by atoms with van der Waals surface area (Å²) in [5.41, 5.74) is 0. The lowest BCUT2D eigenvalue weighted by molar-refractivity contribution is 0.444. The summed E-state index contributed by atoms with van der Waals surface area (Å²) in [4.78, 5) is 0. The molecule has 7 heteroatoms. The van der Waals surface area contributed by atoms with Gasteiger partial charge in [-0.25, -0.2) is 4.72 Å². The van der Waals surface area contributed by atoms with E-state index in [1.807, 2.05) is 18.7 Å². The Morgan fingerprint density at radius 3 is 2.40 bits per heavy atom. The van der Waals surface area contributed by atoms with Crippen LogP contribution < -0.4 is 10.0 Å². The van der Waals surface area contributed by atoms with E-state index < -0.39 is 10.2 Å². The monoisotopic (exact) mass is 325 g/mol. The third-order valence-corrected chi connectivity index (χ3v) is 5.32. The smallest absolute Gasteiger partial charge is 0.279 e. The lowest BCUT2D eigenvalue weighted by Gasteiger charge is -2.17. The molecule has 2 N–H and O–H groups in total. The van der Waals surface area contributed by atoms with E-state index in [9.17, 15) is 8.42 Å². The van der Waals surface area contributed by atoms with E-state index in [4.69, 9.17) is 0 Å². The molecule has 5 nitrogen and oxygen atoms in total. The summed E-state index contributed by atoms with van der Waals surface area (Å²) in [6, 6.07) is 0. The van der Waals surface area contributed by atoms with E-state index in [-0.39, 0.29) is 0 Å². The highest BCUT2D eigenvalue weighted by molar-refractivity contribution is 7.98. The van der Waals surface area contributed by atoms with Gasteiger partial charge in [0.15, 0.2) is 0 Å². The Hall–Kier alpha value is 0.180. The first-order valence-electron chi connectivity index (χ1n) is 7.45. The van der Waals surface area contributed by atoms with Crippen molar-refractivity contribution >= 4 is 22.0 Å². The van der Waals surface area contributed by atoms with Crippen LogP contribution in [0, 0.1) is 0 Å². The molecule has 20 heavy (non-hydrogen) atoms. The van der Waals surface area contributed by atoms with Crippen LogP contribution in [0.3, 0.4) is 0 Å². The lowest BCUT2D eigenvalue weighted by atomic mass is 10.2. The Morgan fingerprint density at radius 2 is 1.75 bits per heavy atom. The zero-order chi connectivity index (χ0) is 15.3. The molecule has 0 radical (unpaired) electrons. The van der Waals surface area contributed by atoms with E-state index >= 15 is 0 Å². The van der Waals surface area contributed by atoms with Crippen LogP contribution in [0.4, 0.5) is 0 Å². The van der Waals surface area contributed by atoms with Gasteiger partial charge in [0.05, 0.1) is 0 Å². The number of nitrogens with one attached hydrogen (secondary N) is 2. The molecule has 0 aliphatic rings. The molecule has 0 heterocycles. The normalized spacial score (nSPS) is 12.2. The molecule has 0 spiro atoms. The molecular weight excluding hydrogens is 294 g/mol. The average molecular weight is 326 g/mol. The molecule has 0 fully saturated rings. The van der Waals surface area contributed by atoms with Crippen LogP contribution in [0.15, 0.2) is 0 Å². The minimum absolute atomic E-state index is 0.541. The van der Waals surface area contributed by atoms with Gasteiger partial charge in [-0.3, -0.25) is 0 Å². The van der Waals surface area contributed by atoms with Crippen molar-refractivity contribution in [3.63, 3.8) is 0 Å².